The van der Waals surface area contributed by atoms with Crippen LogP contribution in [0, 0.1) is 20.8 Å². The summed E-state index contributed by atoms with van der Waals surface area (Å²) < 4.78 is 0. The zero-order chi connectivity index (χ0) is 17.0. The number of nitrogens with one attached hydrogen (secondary N) is 2. The van der Waals surface area contributed by atoms with Crippen LogP contribution in [-0.4, -0.2) is 20.1 Å². The topological polar surface area (TPSA) is 44.4 Å². The van der Waals surface area contributed by atoms with Crippen LogP contribution >= 0.6 is 0 Å². The molecule has 2 aromatic carbocycles. The van der Waals surface area contributed by atoms with Gasteiger partial charge in [-0.3, -0.25) is 0 Å². The molecule has 2 N–H and O–H groups in total. The number of benzene rings is 2. The van der Waals surface area contributed by atoms with Crippen LogP contribution in [-0.2, 0) is 6.54 Å². The van der Waals surface area contributed by atoms with E-state index in [4.69, 9.17) is 0 Å². The number of carbonyl (C=O) groups is 1. The van der Waals surface area contributed by atoms with E-state index in [1.807, 2.05) is 38.1 Å². The zero-order valence-electron chi connectivity index (χ0n) is 14.5. The predicted molar refractivity (Wildman–Crippen MR) is 97.3 cm³/mol. The minimum atomic E-state index is -0.189. The van der Waals surface area contributed by atoms with Gasteiger partial charge in [-0.05, 0) is 55.7 Å². The molecule has 4 heteroatoms. The number of nitrogens with zero attached hydrogens (tertiary/aromatic N) is 1. The first-order chi connectivity index (χ1) is 10.9. The molecule has 0 aromatic heterocycles. The fourth-order valence-corrected chi connectivity index (χ4v) is 2.45. The molecule has 0 radical (unpaired) electrons. The third-order valence-corrected chi connectivity index (χ3v) is 3.91. The van der Waals surface area contributed by atoms with Gasteiger partial charge in [-0.2, -0.15) is 0 Å². The molecule has 0 bridgehead atoms. The van der Waals surface area contributed by atoms with Gasteiger partial charge in [0.15, 0.2) is 0 Å². The molecule has 0 spiro atoms. The fourth-order valence-electron chi connectivity index (χ4n) is 2.45. The summed E-state index contributed by atoms with van der Waals surface area (Å²) >= 11 is 0. The largest absolute Gasteiger partial charge is 0.378 e. The molecule has 23 heavy (non-hydrogen) atoms. The van der Waals surface area contributed by atoms with Crippen LogP contribution in [0.15, 0.2) is 36.4 Å². The van der Waals surface area contributed by atoms with E-state index >= 15 is 0 Å². The number of anilines is 2. The second kappa shape index (κ2) is 7.18. The molecule has 0 heterocycles. The SMILES string of the molecule is Cc1ccc(CNC(=O)Nc2ccc(N(C)C)cc2C)c(C)c1. The van der Waals surface area contributed by atoms with Crippen LogP contribution in [0.2, 0.25) is 0 Å². The molecule has 0 aliphatic heterocycles. The summed E-state index contributed by atoms with van der Waals surface area (Å²) in [5.74, 6) is 0. The van der Waals surface area contributed by atoms with Gasteiger partial charge in [0.05, 0.1) is 0 Å². The first-order valence-electron chi connectivity index (χ1n) is 7.76. The predicted octanol–water partition coefficient (Wildman–Crippen LogP) is 4.00. The van der Waals surface area contributed by atoms with E-state index in [9.17, 15) is 4.79 Å². The quantitative estimate of drug-likeness (QED) is 0.896. The molecule has 122 valence electrons. The lowest BCUT2D eigenvalue weighted by Crippen LogP contribution is -2.28. The molecule has 2 amide bonds. The number of hydrogen-bond donors (Lipinski definition) is 2. The van der Waals surface area contributed by atoms with E-state index < -0.39 is 0 Å². The molecular formula is C19H25N3O. The maximum atomic E-state index is 12.1. The first-order valence-corrected chi connectivity index (χ1v) is 7.76. The standard InChI is InChI=1S/C19H25N3O/c1-13-6-7-16(14(2)10-13)12-20-19(23)21-18-9-8-17(22(4)5)11-15(18)3/h6-11H,12H2,1-5H3,(H2,20,21,23). The summed E-state index contributed by atoms with van der Waals surface area (Å²) in [7, 11) is 4.00. The Bertz CT molecular complexity index is 708. The third kappa shape index (κ3) is 4.49. The Kier molecular flexibility index (Phi) is 5.27. The summed E-state index contributed by atoms with van der Waals surface area (Å²) in [6.07, 6.45) is 0. The normalized spacial score (nSPS) is 10.3. The van der Waals surface area contributed by atoms with Crippen molar-refractivity contribution in [3.63, 3.8) is 0 Å². The zero-order valence-corrected chi connectivity index (χ0v) is 14.5. The first kappa shape index (κ1) is 16.9. The molecule has 0 fully saturated rings. The summed E-state index contributed by atoms with van der Waals surface area (Å²) in [5, 5.41) is 5.82. The van der Waals surface area contributed by atoms with Gasteiger partial charge in [-0.1, -0.05) is 23.8 Å². The third-order valence-electron chi connectivity index (χ3n) is 3.91. The van der Waals surface area contributed by atoms with Crippen molar-refractivity contribution in [2.45, 2.75) is 27.3 Å². The fraction of sp³-hybridized carbons (Fsp3) is 0.316. The van der Waals surface area contributed by atoms with Gasteiger partial charge >= 0.3 is 6.03 Å². The molecule has 0 aliphatic carbocycles. The Morgan fingerprint density at radius 2 is 1.74 bits per heavy atom. The van der Waals surface area contributed by atoms with Crippen molar-refractivity contribution < 1.29 is 4.79 Å². The highest BCUT2D eigenvalue weighted by atomic mass is 16.2. The molecule has 0 aliphatic rings. The Balaban J connectivity index is 1.97. The lowest BCUT2D eigenvalue weighted by atomic mass is 10.1. The maximum Gasteiger partial charge on any atom is 0.319 e. The Hall–Kier alpha value is -2.49. The molecule has 0 unspecified atom stereocenters. The van der Waals surface area contributed by atoms with E-state index in [1.165, 1.54) is 11.1 Å². The summed E-state index contributed by atoms with van der Waals surface area (Å²) in [4.78, 5) is 14.1. The van der Waals surface area contributed by atoms with Crippen LogP contribution in [0.5, 0.6) is 0 Å². The Morgan fingerprint density at radius 3 is 2.35 bits per heavy atom. The summed E-state index contributed by atoms with van der Waals surface area (Å²) in [6.45, 7) is 6.64. The lowest BCUT2D eigenvalue weighted by molar-refractivity contribution is 0.251. The maximum absolute atomic E-state index is 12.1. The second-order valence-electron chi connectivity index (χ2n) is 6.13. The summed E-state index contributed by atoms with van der Waals surface area (Å²) in [6, 6.07) is 12.0. The smallest absolute Gasteiger partial charge is 0.319 e. The van der Waals surface area contributed by atoms with E-state index in [0.717, 1.165) is 22.5 Å². The number of rotatable bonds is 4. The lowest BCUT2D eigenvalue weighted by Gasteiger charge is -2.16. The highest BCUT2D eigenvalue weighted by molar-refractivity contribution is 5.90. The Labute approximate surface area is 138 Å². The average Bonchev–Trinajstić information content (AvgIpc) is 2.48. The second-order valence-corrected chi connectivity index (χ2v) is 6.13. The highest BCUT2D eigenvalue weighted by Gasteiger charge is 2.07. The Morgan fingerprint density at radius 1 is 1.00 bits per heavy atom. The number of carbonyl (C=O) groups excluding carboxylic acids is 1. The molecule has 0 atom stereocenters. The van der Waals surface area contributed by atoms with E-state index in [0.29, 0.717) is 6.54 Å². The molecule has 4 nitrogen and oxygen atoms in total. The van der Waals surface area contributed by atoms with E-state index in [-0.39, 0.29) is 6.03 Å². The number of urea groups is 1. The van der Waals surface area contributed by atoms with E-state index in [1.54, 1.807) is 0 Å². The van der Waals surface area contributed by atoms with Gasteiger partial charge in [-0.15, -0.1) is 0 Å². The van der Waals surface area contributed by atoms with Crippen LogP contribution in [0.3, 0.4) is 0 Å². The van der Waals surface area contributed by atoms with Gasteiger partial charge in [0.2, 0.25) is 0 Å². The van der Waals surface area contributed by atoms with Gasteiger partial charge in [0.25, 0.3) is 0 Å². The minimum Gasteiger partial charge on any atom is -0.378 e. The van der Waals surface area contributed by atoms with Crippen molar-refractivity contribution in [1.29, 1.82) is 0 Å². The number of hydrogen-bond acceptors (Lipinski definition) is 2. The van der Waals surface area contributed by atoms with E-state index in [2.05, 4.69) is 48.7 Å². The molecule has 0 saturated heterocycles. The number of aryl methyl sites for hydroxylation is 3. The van der Waals surface area contributed by atoms with Crippen LogP contribution in [0.25, 0.3) is 0 Å². The van der Waals surface area contributed by atoms with Crippen molar-refractivity contribution in [3.05, 3.63) is 58.7 Å². The molecule has 0 saturated carbocycles. The summed E-state index contributed by atoms with van der Waals surface area (Å²) in [5.41, 5.74) is 6.53. The minimum absolute atomic E-state index is 0.189. The van der Waals surface area contributed by atoms with Crippen molar-refractivity contribution in [3.8, 4) is 0 Å². The van der Waals surface area contributed by atoms with Crippen LogP contribution in [0.1, 0.15) is 22.3 Å². The van der Waals surface area contributed by atoms with Gasteiger partial charge in [0.1, 0.15) is 0 Å². The van der Waals surface area contributed by atoms with Crippen molar-refractivity contribution in [1.82, 2.24) is 5.32 Å². The number of amides is 2. The van der Waals surface area contributed by atoms with Gasteiger partial charge in [-0.25, -0.2) is 4.79 Å². The van der Waals surface area contributed by atoms with Crippen LogP contribution < -0.4 is 15.5 Å². The highest BCUT2D eigenvalue weighted by Crippen LogP contribution is 2.21. The molecule has 2 aromatic rings. The monoisotopic (exact) mass is 311 g/mol. The molecule has 2 rings (SSSR count). The van der Waals surface area contributed by atoms with Crippen molar-refractivity contribution >= 4 is 17.4 Å². The van der Waals surface area contributed by atoms with Crippen molar-refractivity contribution in [2.24, 2.45) is 0 Å². The van der Waals surface area contributed by atoms with Gasteiger partial charge < -0.3 is 15.5 Å². The van der Waals surface area contributed by atoms with Crippen molar-refractivity contribution in [2.75, 3.05) is 24.3 Å². The van der Waals surface area contributed by atoms with Crippen LogP contribution in [0.4, 0.5) is 16.2 Å². The van der Waals surface area contributed by atoms with Gasteiger partial charge in [0, 0.05) is 32.0 Å². The molecular weight excluding hydrogens is 286 g/mol. The average molecular weight is 311 g/mol.